The highest BCUT2D eigenvalue weighted by atomic mass is 16.6. The Morgan fingerprint density at radius 3 is 2.72 bits per heavy atom. The van der Waals surface area contributed by atoms with Crippen molar-refractivity contribution < 1.29 is 9.72 Å². The van der Waals surface area contributed by atoms with Gasteiger partial charge in [-0.1, -0.05) is 30.3 Å². The molecule has 6 nitrogen and oxygen atoms in total. The summed E-state index contributed by atoms with van der Waals surface area (Å²) in [4.78, 5) is 27.2. The number of hydrogen-bond acceptors (Lipinski definition) is 4. The first-order valence-electron chi connectivity index (χ1n) is 7.63. The normalized spacial score (nSPS) is 10.9. The first kappa shape index (κ1) is 16.3. The molecule has 3 aromatic rings. The number of nitro benzene ring substituents is 1. The first-order valence-corrected chi connectivity index (χ1v) is 7.63. The van der Waals surface area contributed by atoms with Crippen molar-refractivity contribution in [3.05, 3.63) is 82.0 Å². The highest BCUT2D eigenvalue weighted by molar-refractivity contribution is 6.06. The van der Waals surface area contributed by atoms with Crippen LogP contribution in [0, 0.1) is 17.0 Å². The minimum absolute atomic E-state index is 0.0472. The molecule has 0 aliphatic rings. The Morgan fingerprint density at radius 2 is 1.92 bits per heavy atom. The van der Waals surface area contributed by atoms with E-state index in [4.69, 9.17) is 0 Å². The lowest BCUT2D eigenvalue weighted by Gasteiger charge is -2.07. The lowest BCUT2D eigenvalue weighted by Crippen LogP contribution is -2.08. The van der Waals surface area contributed by atoms with Gasteiger partial charge in [-0.3, -0.25) is 19.9 Å². The average Bonchev–Trinajstić information content (AvgIpc) is 2.60. The summed E-state index contributed by atoms with van der Waals surface area (Å²) in [5, 5.41) is 14.7. The molecule has 0 fully saturated rings. The van der Waals surface area contributed by atoms with Gasteiger partial charge >= 0.3 is 0 Å². The van der Waals surface area contributed by atoms with Gasteiger partial charge in [-0.2, -0.15) is 0 Å². The zero-order valence-corrected chi connectivity index (χ0v) is 13.5. The minimum atomic E-state index is -0.477. The van der Waals surface area contributed by atoms with Crippen molar-refractivity contribution in [1.29, 1.82) is 0 Å². The standard InChI is InChI=1S/C19H15N3O3/c1-13-9-10-15-6-4-7-16(19(15)20-13)21-18(23)12-11-14-5-2-3-8-17(14)22(24)25/h2-12H,1H3,(H,21,23)/b12-11+. The number of anilines is 1. The van der Waals surface area contributed by atoms with Crippen LogP contribution < -0.4 is 5.32 Å². The highest BCUT2D eigenvalue weighted by Gasteiger charge is 2.10. The number of benzene rings is 2. The molecule has 1 amide bonds. The fourth-order valence-corrected chi connectivity index (χ4v) is 2.48. The van der Waals surface area contributed by atoms with Gasteiger partial charge < -0.3 is 5.32 Å². The Bertz CT molecular complexity index is 996. The van der Waals surface area contributed by atoms with Crippen molar-refractivity contribution in [2.24, 2.45) is 0 Å². The van der Waals surface area contributed by atoms with E-state index < -0.39 is 4.92 Å². The quantitative estimate of drug-likeness (QED) is 0.442. The summed E-state index contributed by atoms with van der Waals surface area (Å²) < 4.78 is 0. The highest BCUT2D eigenvalue weighted by Crippen LogP contribution is 2.22. The number of nitrogens with zero attached hydrogens (tertiary/aromatic N) is 2. The Kier molecular flexibility index (Phi) is 4.52. The van der Waals surface area contributed by atoms with Crippen molar-refractivity contribution in [3.63, 3.8) is 0 Å². The summed E-state index contributed by atoms with van der Waals surface area (Å²) in [6.45, 7) is 1.88. The van der Waals surface area contributed by atoms with Gasteiger partial charge in [0.2, 0.25) is 5.91 Å². The molecule has 0 atom stereocenters. The Morgan fingerprint density at radius 1 is 1.12 bits per heavy atom. The molecule has 1 aromatic heterocycles. The van der Waals surface area contributed by atoms with Gasteiger partial charge in [0.05, 0.1) is 21.7 Å². The monoisotopic (exact) mass is 333 g/mol. The Balaban J connectivity index is 1.84. The molecule has 0 radical (unpaired) electrons. The molecule has 25 heavy (non-hydrogen) atoms. The summed E-state index contributed by atoms with van der Waals surface area (Å²) in [5.74, 6) is -0.381. The molecule has 0 spiro atoms. The van der Waals surface area contributed by atoms with Gasteiger partial charge in [0, 0.05) is 23.2 Å². The second kappa shape index (κ2) is 6.92. The summed E-state index contributed by atoms with van der Waals surface area (Å²) in [6.07, 6.45) is 2.70. The second-order valence-electron chi connectivity index (χ2n) is 5.47. The number of nitrogens with one attached hydrogen (secondary N) is 1. The van der Waals surface area contributed by atoms with Crippen LogP contribution in [0.15, 0.2) is 60.7 Å². The van der Waals surface area contributed by atoms with Gasteiger partial charge in [0.1, 0.15) is 0 Å². The van der Waals surface area contributed by atoms with Gasteiger partial charge in [0.15, 0.2) is 0 Å². The lowest BCUT2D eigenvalue weighted by atomic mass is 10.1. The van der Waals surface area contributed by atoms with Gasteiger partial charge in [-0.05, 0) is 31.2 Å². The molecule has 6 heteroatoms. The largest absolute Gasteiger partial charge is 0.321 e. The number of carbonyl (C=O) groups excluding carboxylic acids is 1. The van der Waals surface area contributed by atoms with Crippen LogP contribution >= 0.6 is 0 Å². The number of pyridine rings is 1. The van der Waals surface area contributed by atoms with E-state index in [-0.39, 0.29) is 11.6 Å². The second-order valence-corrected chi connectivity index (χ2v) is 5.47. The number of nitro groups is 1. The molecular formula is C19H15N3O3. The summed E-state index contributed by atoms with van der Waals surface area (Å²) in [7, 11) is 0. The zero-order valence-electron chi connectivity index (χ0n) is 13.5. The van der Waals surface area contributed by atoms with Crippen LogP contribution in [0.2, 0.25) is 0 Å². The Hall–Kier alpha value is -3.54. The number of carbonyl (C=O) groups is 1. The molecule has 2 aromatic carbocycles. The third-order valence-corrected chi connectivity index (χ3v) is 3.67. The number of para-hydroxylation sites is 2. The number of rotatable bonds is 4. The van der Waals surface area contributed by atoms with E-state index in [0.717, 1.165) is 11.1 Å². The number of amides is 1. The third-order valence-electron chi connectivity index (χ3n) is 3.67. The predicted molar refractivity (Wildman–Crippen MR) is 97.2 cm³/mol. The summed E-state index contributed by atoms with van der Waals surface area (Å²) in [5.41, 5.74) is 2.47. The topological polar surface area (TPSA) is 85.1 Å². The summed E-state index contributed by atoms with van der Waals surface area (Å²) >= 11 is 0. The van der Waals surface area contributed by atoms with E-state index in [1.165, 1.54) is 18.2 Å². The van der Waals surface area contributed by atoms with E-state index in [1.807, 2.05) is 31.2 Å². The van der Waals surface area contributed by atoms with Crippen LogP contribution in [-0.4, -0.2) is 15.8 Å². The third kappa shape index (κ3) is 3.69. The fourth-order valence-electron chi connectivity index (χ4n) is 2.48. The number of aromatic nitrogens is 1. The maximum atomic E-state index is 12.2. The van der Waals surface area contributed by atoms with Crippen LogP contribution in [0.25, 0.3) is 17.0 Å². The van der Waals surface area contributed by atoms with Crippen LogP contribution in [-0.2, 0) is 4.79 Å². The molecule has 1 heterocycles. The molecule has 0 aliphatic carbocycles. The van der Waals surface area contributed by atoms with E-state index in [2.05, 4.69) is 10.3 Å². The molecule has 0 saturated carbocycles. The predicted octanol–water partition coefficient (Wildman–Crippen LogP) is 4.10. The van der Waals surface area contributed by atoms with Crippen molar-refractivity contribution in [3.8, 4) is 0 Å². The first-order chi connectivity index (χ1) is 12.0. The summed E-state index contributed by atoms with van der Waals surface area (Å²) in [6, 6.07) is 15.6. The van der Waals surface area contributed by atoms with Crippen LogP contribution in [0.5, 0.6) is 0 Å². The SMILES string of the molecule is Cc1ccc2cccc(NC(=O)/C=C/c3ccccc3[N+](=O)[O-])c2n1. The van der Waals surface area contributed by atoms with Crippen molar-refractivity contribution in [1.82, 2.24) is 4.98 Å². The van der Waals surface area contributed by atoms with Crippen molar-refractivity contribution >= 4 is 34.3 Å². The van der Waals surface area contributed by atoms with Gasteiger partial charge in [0.25, 0.3) is 5.69 Å². The van der Waals surface area contributed by atoms with Crippen LogP contribution in [0.3, 0.4) is 0 Å². The zero-order chi connectivity index (χ0) is 17.8. The Labute approximate surface area is 144 Å². The molecular weight excluding hydrogens is 318 g/mol. The van der Waals surface area contributed by atoms with Crippen LogP contribution in [0.1, 0.15) is 11.3 Å². The maximum Gasteiger partial charge on any atom is 0.276 e. The smallest absolute Gasteiger partial charge is 0.276 e. The van der Waals surface area contributed by atoms with Gasteiger partial charge in [-0.25, -0.2) is 0 Å². The van der Waals surface area contributed by atoms with Crippen molar-refractivity contribution in [2.75, 3.05) is 5.32 Å². The molecule has 0 unspecified atom stereocenters. The number of aryl methyl sites for hydroxylation is 1. The molecule has 0 bridgehead atoms. The van der Waals surface area contributed by atoms with Crippen LogP contribution in [0.4, 0.5) is 11.4 Å². The van der Waals surface area contributed by atoms with E-state index in [1.54, 1.807) is 24.3 Å². The van der Waals surface area contributed by atoms with Gasteiger partial charge in [-0.15, -0.1) is 0 Å². The van der Waals surface area contributed by atoms with E-state index >= 15 is 0 Å². The van der Waals surface area contributed by atoms with Crippen molar-refractivity contribution in [2.45, 2.75) is 6.92 Å². The molecule has 3 rings (SSSR count). The number of fused-ring (bicyclic) bond motifs is 1. The molecule has 1 N–H and O–H groups in total. The van der Waals surface area contributed by atoms with E-state index in [9.17, 15) is 14.9 Å². The number of hydrogen-bond donors (Lipinski definition) is 1. The average molecular weight is 333 g/mol. The lowest BCUT2D eigenvalue weighted by molar-refractivity contribution is -0.385. The van der Waals surface area contributed by atoms with E-state index in [0.29, 0.717) is 16.8 Å². The molecule has 124 valence electrons. The maximum absolute atomic E-state index is 12.2. The molecule has 0 aliphatic heterocycles. The minimum Gasteiger partial charge on any atom is -0.321 e. The molecule has 0 saturated heterocycles. The fraction of sp³-hybridized carbons (Fsp3) is 0.0526.